The largest absolute Gasteiger partial charge is 0.493 e. The van der Waals surface area contributed by atoms with Gasteiger partial charge in [0, 0.05) is 5.88 Å². The minimum Gasteiger partial charge on any atom is -0.493 e. The number of alkyl halides is 1. The van der Waals surface area contributed by atoms with Gasteiger partial charge in [-0.15, -0.1) is 11.6 Å². The molecular weight excluding hydrogens is 224 g/mol. The lowest BCUT2D eigenvalue weighted by molar-refractivity contribution is 0.326. The molecule has 0 aliphatic heterocycles. The van der Waals surface area contributed by atoms with Gasteiger partial charge in [0.2, 0.25) is 0 Å². The molecule has 0 aliphatic rings. The lowest BCUT2D eigenvalue weighted by Gasteiger charge is -2.09. The Kier molecular flexibility index (Phi) is 5.51. The molecule has 0 amide bonds. The molecule has 0 bridgehead atoms. The summed E-state index contributed by atoms with van der Waals surface area (Å²) in [4.78, 5) is 0. The Morgan fingerprint density at radius 1 is 1.38 bits per heavy atom. The second-order valence-corrected chi connectivity index (χ2v) is 3.38. The van der Waals surface area contributed by atoms with Gasteiger partial charge in [-0.25, -0.2) is 0 Å². The van der Waals surface area contributed by atoms with Gasteiger partial charge < -0.3 is 9.47 Å². The molecule has 1 aromatic rings. The van der Waals surface area contributed by atoms with E-state index in [9.17, 15) is 0 Å². The summed E-state index contributed by atoms with van der Waals surface area (Å²) in [5.74, 6) is 1.92. The average molecular weight is 239 g/mol. The first-order valence-corrected chi connectivity index (χ1v) is 5.49. The van der Waals surface area contributed by atoms with Crippen LogP contribution >= 0.6 is 11.6 Å². The third-order valence-corrected chi connectivity index (χ3v) is 2.12. The van der Waals surface area contributed by atoms with E-state index in [1.165, 1.54) is 0 Å². The first kappa shape index (κ1) is 12.7. The van der Waals surface area contributed by atoms with Crippen molar-refractivity contribution in [1.82, 2.24) is 0 Å². The predicted molar refractivity (Wildman–Crippen MR) is 68.4 cm³/mol. The molecule has 16 heavy (non-hydrogen) atoms. The number of methoxy groups -OCH3 is 1. The molecule has 0 saturated carbocycles. The molecule has 86 valence electrons. The number of benzene rings is 1. The van der Waals surface area contributed by atoms with E-state index in [0.717, 1.165) is 5.56 Å². The third kappa shape index (κ3) is 3.63. The monoisotopic (exact) mass is 238 g/mol. The highest BCUT2D eigenvalue weighted by molar-refractivity contribution is 6.19. The van der Waals surface area contributed by atoms with Crippen LogP contribution in [0, 0.1) is 0 Å². The molecule has 3 heteroatoms. The standard InChI is InChI=1S/C13H15ClO2/c1-3-9-16-12-7-6-11(5-4-8-14)10-13(12)15-2/h3-7,10H,1,8-9H2,2H3. The Hall–Kier alpha value is -1.41. The van der Waals surface area contributed by atoms with E-state index in [0.29, 0.717) is 24.0 Å². The van der Waals surface area contributed by atoms with Gasteiger partial charge >= 0.3 is 0 Å². The number of rotatable bonds is 6. The van der Waals surface area contributed by atoms with Crippen LogP contribution in [0.3, 0.4) is 0 Å². The molecule has 0 aliphatic carbocycles. The fourth-order valence-corrected chi connectivity index (χ4v) is 1.33. The fraction of sp³-hybridized carbons (Fsp3) is 0.231. The van der Waals surface area contributed by atoms with Crippen molar-refractivity contribution in [2.24, 2.45) is 0 Å². The van der Waals surface area contributed by atoms with E-state index in [-0.39, 0.29) is 0 Å². The summed E-state index contributed by atoms with van der Waals surface area (Å²) in [5, 5.41) is 0. The van der Waals surface area contributed by atoms with Crippen molar-refractivity contribution in [3.63, 3.8) is 0 Å². The zero-order chi connectivity index (χ0) is 11.8. The smallest absolute Gasteiger partial charge is 0.161 e. The van der Waals surface area contributed by atoms with E-state index in [4.69, 9.17) is 21.1 Å². The van der Waals surface area contributed by atoms with Crippen LogP contribution in [-0.2, 0) is 0 Å². The van der Waals surface area contributed by atoms with Crippen LogP contribution in [0.5, 0.6) is 11.5 Å². The van der Waals surface area contributed by atoms with Crippen LogP contribution in [-0.4, -0.2) is 19.6 Å². The Bertz CT molecular complexity index is 372. The second kappa shape index (κ2) is 6.96. The van der Waals surface area contributed by atoms with Gasteiger partial charge in [-0.3, -0.25) is 0 Å². The zero-order valence-corrected chi connectivity index (χ0v) is 10.0. The Morgan fingerprint density at radius 3 is 2.81 bits per heavy atom. The summed E-state index contributed by atoms with van der Waals surface area (Å²) in [6.45, 7) is 4.06. The van der Waals surface area contributed by atoms with Gasteiger partial charge in [0.15, 0.2) is 11.5 Å². The maximum atomic E-state index is 5.57. The number of halogens is 1. The van der Waals surface area contributed by atoms with Crippen LogP contribution in [0.25, 0.3) is 6.08 Å². The van der Waals surface area contributed by atoms with Crippen LogP contribution in [0.15, 0.2) is 36.9 Å². The fourth-order valence-electron chi connectivity index (χ4n) is 1.24. The van der Waals surface area contributed by atoms with Crippen molar-refractivity contribution in [1.29, 1.82) is 0 Å². The summed E-state index contributed by atoms with van der Waals surface area (Å²) in [6.07, 6.45) is 5.51. The van der Waals surface area contributed by atoms with Gasteiger partial charge in [-0.2, -0.15) is 0 Å². The molecule has 0 spiro atoms. The molecule has 0 heterocycles. The molecule has 1 aromatic carbocycles. The van der Waals surface area contributed by atoms with Gasteiger partial charge in [-0.1, -0.05) is 30.9 Å². The number of hydrogen-bond acceptors (Lipinski definition) is 2. The third-order valence-electron chi connectivity index (χ3n) is 1.94. The topological polar surface area (TPSA) is 18.5 Å². The highest BCUT2D eigenvalue weighted by atomic mass is 35.5. The Labute approximate surface area is 101 Å². The van der Waals surface area contributed by atoms with E-state index < -0.39 is 0 Å². The molecular formula is C13H15ClO2. The van der Waals surface area contributed by atoms with Crippen molar-refractivity contribution in [2.75, 3.05) is 19.6 Å². The molecule has 0 atom stereocenters. The average Bonchev–Trinajstić information content (AvgIpc) is 2.34. The van der Waals surface area contributed by atoms with Gasteiger partial charge in [-0.05, 0) is 17.7 Å². The second-order valence-electron chi connectivity index (χ2n) is 3.07. The predicted octanol–water partition coefficient (Wildman–Crippen LogP) is 3.51. The van der Waals surface area contributed by atoms with Crippen molar-refractivity contribution in [3.05, 3.63) is 42.5 Å². The van der Waals surface area contributed by atoms with E-state index in [2.05, 4.69) is 6.58 Å². The van der Waals surface area contributed by atoms with Crippen LogP contribution in [0.2, 0.25) is 0 Å². The van der Waals surface area contributed by atoms with E-state index in [1.807, 2.05) is 30.4 Å². The van der Waals surface area contributed by atoms with Crippen molar-refractivity contribution < 1.29 is 9.47 Å². The van der Waals surface area contributed by atoms with Crippen LogP contribution in [0.1, 0.15) is 5.56 Å². The van der Waals surface area contributed by atoms with Gasteiger partial charge in [0.05, 0.1) is 7.11 Å². The van der Waals surface area contributed by atoms with E-state index in [1.54, 1.807) is 13.2 Å². The lowest BCUT2D eigenvalue weighted by Crippen LogP contribution is -1.96. The Morgan fingerprint density at radius 2 is 2.19 bits per heavy atom. The minimum absolute atomic E-state index is 0.466. The van der Waals surface area contributed by atoms with Crippen molar-refractivity contribution in [2.45, 2.75) is 0 Å². The van der Waals surface area contributed by atoms with Gasteiger partial charge in [0.1, 0.15) is 6.61 Å². The summed E-state index contributed by atoms with van der Waals surface area (Å²) < 4.78 is 10.7. The minimum atomic E-state index is 0.466. The first-order valence-electron chi connectivity index (χ1n) is 4.96. The molecule has 2 nitrogen and oxygen atoms in total. The van der Waals surface area contributed by atoms with Crippen molar-refractivity contribution >= 4 is 17.7 Å². The van der Waals surface area contributed by atoms with Crippen LogP contribution in [0.4, 0.5) is 0 Å². The number of ether oxygens (including phenoxy) is 2. The first-order chi connectivity index (χ1) is 7.81. The molecule has 0 aromatic heterocycles. The lowest BCUT2D eigenvalue weighted by atomic mass is 10.2. The maximum absolute atomic E-state index is 5.57. The SMILES string of the molecule is C=CCOc1ccc(C=CCCl)cc1OC. The summed E-state index contributed by atoms with van der Waals surface area (Å²) in [7, 11) is 1.62. The molecule has 0 saturated heterocycles. The van der Waals surface area contributed by atoms with Crippen LogP contribution < -0.4 is 9.47 Å². The Balaban J connectivity index is 2.87. The maximum Gasteiger partial charge on any atom is 0.161 e. The molecule has 0 fully saturated rings. The molecule has 0 unspecified atom stereocenters. The molecule has 0 N–H and O–H groups in total. The zero-order valence-electron chi connectivity index (χ0n) is 9.28. The highest BCUT2D eigenvalue weighted by Gasteiger charge is 2.03. The van der Waals surface area contributed by atoms with Gasteiger partial charge in [0.25, 0.3) is 0 Å². The highest BCUT2D eigenvalue weighted by Crippen LogP contribution is 2.28. The van der Waals surface area contributed by atoms with Crippen molar-refractivity contribution in [3.8, 4) is 11.5 Å². The quantitative estimate of drug-likeness (QED) is 0.558. The summed E-state index contributed by atoms with van der Waals surface area (Å²) in [5.41, 5.74) is 1.03. The summed E-state index contributed by atoms with van der Waals surface area (Å²) in [6, 6.07) is 5.72. The molecule has 0 radical (unpaired) electrons. The van der Waals surface area contributed by atoms with E-state index >= 15 is 0 Å². The molecule has 1 rings (SSSR count). The number of allylic oxidation sites excluding steroid dienone is 1. The number of hydrogen-bond donors (Lipinski definition) is 0. The summed E-state index contributed by atoms with van der Waals surface area (Å²) >= 11 is 5.57. The normalized spacial score (nSPS) is 10.4.